The summed E-state index contributed by atoms with van der Waals surface area (Å²) in [6.45, 7) is 0.225. The third-order valence-electron chi connectivity index (χ3n) is 5.39. The van der Waals surface area contributed by atoms with Gasteiger partial charge in [-0.25, -0.2) is 0 Å². The largest absolute Gasteiger partial charge is 0.497 e. The molecule has 0 aliphatic heterocycles. The summed E-state index contributed by atoms with van der Waals surface area (Å²) in [5.74, 6) is 0.173. The zero-order chi connectivity index (χ0) is 23.8. The van der Waals surface area contributed by atoms with E-state index in [0.29, 0.717) is 27.8 Å². The van der Waals surface area contributed by atoms with Gasteiger partial charge in [-0.3, -0.25) is 9.59 Å². The summed E-state index contributed by atoms with van der Waals surface area (Å²) in [6, 6.07) is 21.5. The van der Waals surface area contributed by atoms with Crippen molar-refractivity contribution in [1.82, 2.24) is 10.2 Å². The fourth-order valence-electron chi connectivity index (χ4n) is 3.64. The van der Waals surface area contributed by atoms with E-state index in [1.165, 1.54) is 0 Å². The average Bonchev–Trinajstić information content (AvgIpc) is 2.83. The third kappa shape index (κ3) is 6.50. The maximum Gasteiger partial charge on any atom is 0.242 e. The minimum absolute atomic E-state index is 0.0231. The van der Waals surface area contributed by atoms with Crippen LogP contribution in [0.5, 0.6) is 5.75 Å². The van der Waals surface area contributed by atoms with Gasteiger partial charge in [-0.2, -0.15) is 0 Å². The Morgan fingerprint density at radius 3 is 2.21 bits per heavy atom. The molecule has 5 nitrogen and oxygen atoms in total. The van der Waals surface area contributed by atoms with Gasteiger partial charge < -0.3 is 15.0 Å². The van der Waals surface area contributed by atoms with Crippen LogP contribution in [-0.2, 0) is 29.0 Å². The lowest BCUT2D eigenvalue weighted by Gasteiger charge is -2.31. The van der Waals surface area contributed by atoms with Crippen LogP contribution < -0.4 is 10.1 Å². The molecule has 0 aliphatic rings. The average molecular weight is 485 g/mol. The number of methoxy groups -OCH3 is 1. The summed E-state index contributed by atoms with van der Waals surface area (Å²) < 4.78 is 5.33. The van der Waals surface area contributed by atoms with E-state index in [1.54, 1.807) is 37.3 Å². The van der Waals surface area contributed by atoms with E-state index in [4.69, 9.17) is 27.9 Å². The molecule has 1 N–H and O–H groups in total. The molecule has 0 aliphatic carbocycles. The zero-order valence-electron chi connectivity index (χ0n) is 18.6. The van der Waals surface area contributed by atoms with Gasteiger partial charge in [0.1, 0.15) is 11.8 Å². The van der Waals surface area contributed by atoms with E-state index in [-0.39, 0.29) is 24.8 Å². The second-order valence-electron chi connectivity index (χ2n) is 7.57. The van der Waals surface area contributed by atoms with Gasteiger partial charge in [0.25, 0.3) is 0 Å². The Balaban J connectivity index is 1.99. The van der Waals surface area contributed by atoms with E-state index in [1.807, 2.05) is 54.6 Å². The molecule has 0 spiro atoms. The molecule has 0 bridgehead atoms. The standard InChI is InChI=1S/C26H26Cl2N2O3/c1-29-26(32)24(15-18-8-4-3-5-9-18)30(17-19-10-6-11-20(14-19)33-2)25(31)16-21-22(27)12-7-13-23(21)28/h3-14,24H,15-17H2,1-2H3,(H,29,32). The number of amides is 2. The van der Waals surface area contributed by atoms with Gasteiger partial charge in [-0.1, -0.05) is 71.7 Å². The molecule has 172 valence electrons. The van der Waals surface area contributed by atoms with Crippen molar-refractivity contribution in [2.75, 3.05) is 14.2 Å². The number of carbonyl (C=O) groups is 2. The smallest absolute Gasteiger partial charge is 0.242 e. The number of nitrogens with zero attached hydrogens (tertiary/aromatic N) is 1. The van der Waals surface area contributed by atoms with Crippen LogP contribution in [0.2, 0.25) is 10.0 Å². The summed E-state index contributed by atoms with van der Waals surface area (Å²) in [5, 5.41) is 3.53. The van der Waals surface area contributed by atoms with Crippen LogP contribution in [-0.4, -0.2) is 36.9 Å². The number of hydrogen-bond donors (Lipinski definition) is 1. The molecule has 7 heteroatoms. The van der Waals surface area contributed by atoms with Gasteiger partial charge in [0.15, 0.2) is 0 Å². The highest BCUT2D eigenvalue weighted by Crippen LogP contribution is 2.26. The van der Waals surface area contributed by atoms with Crippen molar-refractivity contribution >= 4 is 35.0 Å². The van der Waals surface area contributed by atoms with Crippen LogP contribution >= 0.6 is 23.2 Å². The van der Waals surface area contributed by atoms with Gasteiger partial charge in [-0.05, 0) is 41.0 Å². The van der Waals surface area contributed by atoms with Gasteiger partial charge >= 0.3 is 0 Å². The quantitative estimate of drug-likeness (QED) is 0.468. The second kappa shape index (κ2) is 11.7. The predicted molar refractivity (Wildman–Crippen MR) is 132 cm³/mol. The Morgan fingerprint density at radius 1 is 0.939 bits per heavy atom. The number of hydrogen-bond acceptors (Lipinski definition) is 3. The summed E-state index contributed by atoms with van der Waals surface area (Å²) >= 11 is 12.7. The first-order valence-electron chi connectivity index (χ1n) is 10.5. The number of rotatable bonds is 9. The highest BCUT2D eigenvalue weighted by Gasteiger charge is 2.30. The lowest BCUT2D eigenvalue weighted by molar-refractivity contribution is -0.140. The Morgan fingerprint density at radius 2 is 1.58 bits per heavy atom. The summed E-state index contributed by atoms with van der Waals surface area (Å²) in [6.07, 6.45) is 0.344. The van der Waals surface area contributed by atoms with E-state index in [2.05, 4.69) is 5.32 Å². The van der Waals surface area contributed by atoms with Gasteiger partial charge in [0, 0.05) is 30.1 Å². The lowest BCUT2D eigenvalue weighted by atomic mass is 10.0. The van der Waals surface area contributed by atoms with E-state index >= 15 is 0 Å². The van der Waals surface area contributed by atoms with Crippen molar-refractivity contribution < 1.29 is 14.3 Å². The first kappa shape index (κ1) is 24.6. The monoisotopic (exact) mass is 484 g/mol. The van der Waals surface area contributed by atoms with Gasteiger partial charge in [0.05, 0.1) is 13.5 Å². The molecular weight excluding hydrogens is 459 g/mol. The Hall–Kier alpha value is -3.02. The van der Waals surface area contributed by atoms with Gasteiger partial charge in [0.2, 0.25) is 11.8 Å². The van der Waals surface area contributed by atoms with Crippen LogP contribution in [0.15, 0.2) is 72.8 Å². The van der Waals surface area contributed by atoms with E-state index in [0.717, 1.165) is 11.1 Å². The third-order valence-corrected chi connectivity index (χ3v) is 6.10. The molecular formula is C26H26Cl2N2O3. The first-order valence-corrected chi connectivity index (χ1v) is 11.3. The molecule has 0 radical (unpaired) electrons. The molecule has 2 amide bonds. The second-order valence-corrected chi connectivity index (χ2v) is 8.38. The van der Waals surface area contributed by atoms with Crippen LogP contribution in [0.4, 0.5) is 0 Å². The van der Waals surface area contributed by atoms with E-state index < -0.39 is 6.04 Å². The van der Waals surface area contributed by atoms with Crippen molar-refractivity contribution in [3.63, 3.8) is 0 Å². The van der Waals surface area contributed by atoms with Crippen LogP contribution in [0.3, 0.4) is 0 Å². The predicted octanol–water partition coefficient (Wildman–Crippen LogP) is 4.93. The Bertz CT molecular complexity index is 1090. The van der Waals surface area contributed by atoms with Crippen molar-refractivity contribution in [3.05, 3.63) is 99.5 Å². The molecule has 1 unspecified atom stereocenters. The zero-order valence-corrected chi connectivity index (χ0v) is 20.1. The normalized spacial score (nSPS) is 11.5. The van der Waals surface area contributed by atoms with Gasteiger partial charge in [-0.15, -0.1) is 0 Å². The maximum absolute atomic E-state index is 13.6. The van der Waals surface area contributed by atoms with Crippen molar-refractivity contribution in [2.45, 2.75) is 25.4 Å². The topological polar surface area (TPSA) is 58.6 Å². The van der Waals surface area contributed by atoms with E-state index in [9.17, 15) is 9.59 Å². The molecule has 3 rings (SSSR count). The fraction of sp³-hybridized carbons (Fsp3) is 0.231. The van der Waals surface area contributed by atoms with Crippen LogP contribution in [0.25, 0.3) is 0 Å². The maximum atomic E-state index is 13.6. The molecule has 1 atom stereocenters. The van der Waals surface area contributed by atoms with Crippen LogP contribution in [0, 0.1) is 0 Å². The molecule has 0 fully saturated rings. The van der Waals surface area contributed by atoms with Crippen molar-refractivity contribution in [2.24, 2.45) is 0 Å². The van der Waals surface area contributed by atoms with Crippen LogP contribution in [0.1, 0.15) is 16.7 Å². The first-order chi connectivity index (χ1) is 15.9. The number of halogens is 2. The summed E-state index contributed by atoms with van der Waals surface area (Å²) in [5.41, 5.74) is 2.33. The molecule has 33 heavy (non-hydrogen) atoms. The number of nitrogens with one attached hydrogen (secondary N) is 1. The van der Waals surface area contributed by atoms with Crippen molar-refractivity contribution in [3.8, 4) is 5.75 Å². The molecule has 0 heterocycles. The molecule has 3 aromatic carbocycles. The SMILES string of the molecule is CNC(=O)C(Cc1ccccc1)N(Cc1cccc(OC)c1)C(=O)Cc1c(Cl)cccc1Cl. The highest BCUT2D eigenvalue weighted by atomic mass is 35.5. The number of likely N-dealkylation sites (N-methyl/N-ethyl adjacent to an activating group) is 1. The Labute approximate surface area is 204 Å². The number of benzene rings is 3. The summed E-state index contributed by atoms with van der Waals surface area (Å²) in [7, 11) is 3.16. The number of carbonyl (C=O) groups excluding carboxylic acids is 2. The minimum atomic E-state index is -0.725. The van der Waals surface area contributed by atoms with Crippen molar-refractivity contribution in [1.29, 1.82) is 0 Å². The molecule has 3 aromatic rings. The Kier molecular flexibility index (Phi) is 8.75. The molecule has 0 aromatic heterocycles. The minimum Gasteiger partial charge on any atom is -0.497 e. The molecule has 0 saturated heterocycles. The number of ether oxygens (including phenoxy) is 1. The fourth-order valence-corrected chi connectivity index (χ4v) is 4.17. The lowest BCUT2D eigenvalue weighted by Crippen LogP contribution is -2.50. The highest BCUT2D eigenvalue weighted by molar-refractivity contribution is 6.36. The summed E-state index contributed by atoms with van der Waals surface area (Å²) in [4.78, 5) is 28.2. The molecule has 0 saturated carbocycles.